The lowest BCUT2D eigenvalue weighted by atomic mass is 10.0. The number of ether oxygens (including phenoxy) is 1. The first kappa shape index (κ1) is 20.6. The summed E-state index contributed by atoms with van der Waals surface area (Å²) in [6.07, 6.45) is 2.82. The van der Waals surface area contributed by atoms with Gasteiger partial charge in [-0.2, -0.15) is 0 Å². The largest absolute Gasteiger partial charge is 0.497 e. The molecule has 30 heavy (non-hydrogen) atoms. The Balaban J connectivity index is 1.54. The SMILES string of the molecule is COc1cccc(CC(=O)N2CCCC2c2nc3c(c(=O)[nH]2)CN(C(C)C)CC3)c1. The van der Waals surface area contributed by atoms with Crippen molar-refractivity contribution in [3.05, 3.63) is 57.3 Å². The predicted molar refractivity (Wildman–Crippen MR) is 114 cm³/mol. The van der Waals surface area contributed by atoms with E-state index in [0.717, 1.165) is 48.4 Å². The van der Waals surface area contributed by atoms with Gasteiger partial charge in [0.1, 0.15) is 11.6 Å². The second kappa shape index (κ2) is 8.60. The Morgan fingerprint density at radius 1 is 1.33 bits per heavy atom. The molecule has 3 heterocycles. The molecule has 160 valence electrons. The average Bonchev–Trinajstić information content (AvgIpc) is 3.23. The Labute approximate surface area is 177 Å². The van der Waals surface area contributed by atoms with E-state index in [1.807, 2.05) is 29.2 Å². The van der Waals surface area contributed by atoms with Gasteiger partial charge < -0.3 is 14.6 Å². The topological polar surface area (TPSA) is 78.5 Å². The number of benzene rings is 1. The number of aromatic nitrogens is 2. The third-order valence-electron chi connectivity index (χ3n) is 6.23. The van der Waals surface area contributed by atoms with Crippen LogP contribution in [0.25, 0.3) is 0 Å². The average molecular weight is 411 g/mol. The molecule has 4 rings (SSSR count). The number of likely N-dealkylation sites (tertiary alicyclic amines) is 1. The second-order valence-corrected chi connectivity index (χ2v) is 8.46. The molecule has 1 saturated heterocycles. The number of carbonyl (C=O) groups is 1. The fourth-order valence-corrected chi connectivity index (χ4v) is 4.47. The lowest BCUT2D eigenvalue weighted by Gasteiger charge is -2.31. The summed E-state index contributed by atoms with van der Waals surface area (Å²) in [6, 6.07) is 7.83. The summed E-state index contributed by atoms with van der Waals surface area (Å²) in [5, 5.41) is 0. The van der Waals surface area contributed by atoms with Crippen molar-refractivity contribution < 1.29 is 9.53 Å². The van der Waals surface area contributed by atoms with Gasteiger partial charge in [0.2, 0.25) is 5.91 Å². The smallest absolute Gasteiger partial charge is 0.255 e. The zero-order valence-electron chi connectivity index (χ0n) is 18.0. The highest BCUT2D eigenvalue weighted by molar-refractivity contribution is 5.79. The fraction of sp³-hybridized carbons (Fsp3) is 0.522. The minimum Gasteiger partial charge on any atom is -0.497 e. The molecule has 7 nitrogen and oxygen atoms in total. The standard InChI is InChI=1S/C23H30N4O3/c1-15(2)26-11-9-19-18(14-26)23(29)25-22(24-19)20-8-5-10-27(20)21(28)13-16-6-4-7-17(12-16)30-3/h4,6-7,12,15,20H,5,8-11,13-14H2,1-3H3,(H,24,25,29). The molecule has 0 aliphatic carbocycles. The van der Waals surface area contributed by atoms with Crippen LogP contribution in [0.5, 0.6) is 5.75 Å². The van der Waals surface area contributed by atoms with Crippen molar-refractivity contribution in [1.82, 2.24) is 19.8 Å². The third-order valence-corrected chi connectivity index (χ3v) is 6.23. The number of hydrogen-bond acceptors (Lipinski definition) is 5. The van der Waals surface area contributed by atoms with E-state index >= 15 is 0 Å². The van der Waals surface area contributed by atoms with Crippen molar-refractivity contribution >= 4 is 5.91 Å². The Hall–Kier alpha value is -2.67. The van der Waals surface area contributed by atoms with Crippen molar-refractivity contribution in [2.45, 2.75) is 58.2 Å². The molecule has 0 saturated carbocycles. The molecule has 1 unspecified atom stereocenters. The number of rotatable bonds is 5. The number of methoxy groups -OCH3 is 1. The van der Waals surface area contributed by atoms with Crippen molar-refractivity contribution in [2.24, 2.45) is 0 Å². The summed E-state index contributed by atoms with van der Waals surface area (Å²) in [5.41, 5.74) is 2.52. The number of hydrogen-bond donors (Lipinski definition) is 1. The predicted octanol–water partition coefficient (Wildman–Crippen LogP) is 2.45. The van der Waals surface area contributed by atoms with Crippen LogP contribution in [0.1, 0.15) is 55.4 Å². The van der Waals surface area contributed by atoms with Crippen LogP contribution in [0, 0.1) is 0 Å². The molecule has 2 aliphatic rings. The number of amides is 1. The summed E-state index contributed by atoms with van der Waals surface area (Å²) in [4.78, 5) is 37.8. The normalized spacial score (nSPS) is 19.2. The van der Waals surface area contributed by atoms with E-state index in [1.165, 1.54) is 0 Å². The van der Waals surface area contributed by atoms with Gasteiger partial charge in [0.05, 0.1) is 30.8 Å². The van der Waals surface area contributed by atoms with E-state index in [4.69, 9.17) is 9.72 Å². The van der Waals surface area contributed by atoms with E-state index in [2.05, 4.69) is 23.7 Å². The van der Waals surface area contributed by atoms with E-state index < -0.39 is 0 Å². The molecule has 1 aromatic heterocycles. The van der Waals surface area contributed by atoms with Gasteiger partial charge in [0, 0.05) is 32.1 Å². The minimum atomic E-state index is -0.163. The highest BCUT2D eigenvalue weighted by Crippen LogP contribution is 2.31. The van der Waals surface area contributed by atoms with Crippen LogP contribution in [-0.4, -0.2) is 51.9 Å². The fourth-order valence-electron chi connectivity index (χ4n) is 4.47. The van der Waals surface area contributed by atoms with Gasteiger partial charge in [0.25, 0.3) is 5.56 Å². The Bertz CT molecular complexity index is 985. The van der Waals surface area contributed by atoms with E-state index in [9.17, 15) is 9.59 Å². The maximum absolute atomic E-state index is 13.0. The number of H-pyrrole nitrogens is 1. The minimum absolute atomic E-state index is 0.0529. The van der Waals surface area contributed by atoms with E-state index in [1.54, 1.807) is 7.11 Å². The zero-order valence-corrected chi connectivity index (χ0v) is 18.0. The molecule has 0 radical (unpaired) electrons. The lowest BCUT2D eigenvalue weighted by molar-refractivity contribution is -0.131. The van der Waals surface area contributed by atoms with Crippen molar-refractivity contribution in [3.63, 3.8) is 0 Å². The van der Waals surface area contributed by atoms with E-state index in [0.29, 0.717) is 31.4 Å². The molecule has 2 aliphatic heterocycles. The maximum atomic E-state index is 13.0. The van der Waals surface area contributed by atoms with Crippen LogP contribution in [0.3, 0.4) is 0 Å². The van der Waals surface area contributed by atoms with Gasteiger partial charge in [-0.1, -0.05) is 12.1 Å². The molecule has 2 aromatic rings. The summed E-state index contributed by atoms with van der Waals surface area (Å²) in [7, 11) is 1.62. The number of carbonyl (C=O) groups excluding carboxylic acids is 1. The second-order valence-electron chi connectivity index (χ2n) is 8.46. The molecule has 0 spiro atoms. The van der Waals surface area contributed by atoms with Gasteiger partial charge in [-0.3, -0.25) is 14.5 Å². The van der Waals surface area contributed by atoms with Crippen LogP contribution in [0.15, 0.2) is 29.1 Å². The van der Waals surface area contributed by atoms with Crippen LogP contribution in [0.2, 0.25) is 0 Å². The Morgan fingerprint density at radius 2 is 2.17 bits per heavy atom. The van der Waals surface area contributed by atoms with E-state index in [-0.39, 0.29) is 17.5 Å². The van der Waals surface area contributed by atoms with Crippen molar-refractivity contribution in [3.8, 4) is 5.75 Å². The highest BCUT2D eigenvalue weighted by Gasteiger charge is 2.33. The molecule has 0 bridgehead atoms. The van der Waals surface area contributed by atoms with Crippen molar-refractivity contribution in [2.75, 3.05) is 20.2 Å². The number of nitrogens with one attached hydrogen (secondary N) is 1. The number of nitrogens with zero attached hydrogens (tertiary/aromatic N) is 3. The third kappa shape index (κ3) is 4.12. The number of fused-ring (bicyclic) bond motifs is 1. The molecule has 1 aromatic carbocycles. The van der Waals surface area contributed by atoms with Gasteiger partial charge in [-0.05, 0) is 44.4 Å². The molecular formula is C23H30N4O3. The Morgan fingerprint density at radius 3 is 2.93 bits per heavy atom. The molecule has 1 atom stereocenters. The summed E-state index contributed by atoms with van der Waals surface area (Å²) in [6.45, 7) is 6.52. The zero-order chi connectivity index (χ0) is 21.3. The first-order chi connectivity index (χ1) is 14.5. The first-order valence-electron chi connectivity index (χ1n) is 10.7. The summed E-state index contributed by atoms with van der Waals surface area (Å²) < 4.78 is 5.26. The molecule has 1 N–H and O–H groups in total. The quantitative estimate of drug-likeness (QED) is 0.819. The van der Waals surface area contributed by atoms with Gasteiger partial charge in [-0.15, -0.1) is 0 Å². The van der Waals surface area contributed by atoms with Gasteiger partial charge in [-0.25, -0.2) is 4.98 Å². The monoisotopic (exact) mass is 410 g/mol. The lowest BCUT2D eigenvalue weighted by Crippen LogP contribution is -2.40. The molecule has 1 amide bonds. The van der Waals surface area contributed by atoms with Gasteiger partial charge in [0.15, 0.2) is 0 Å². The Kier molecular flexibility index (Phi) is 5.90. The number of aromatic amines is 1. The molecular weight excluding hydrogens is 380 g/mol. The maximum Gasteiger partial charge on any atom is 0.255 e. The molecule has 7 heteroatoms. The van der Waals surface area contributed by atoms with Crippen LogP contribution >= 0.6 is 0 Å². The van der Waals surface area contributed by atoms with Crippen LogP contribution < -0.4 is 10.3 Å². The van der Waals surface area contributed by atoms with Gasteiger partial charge >= 0.3 is 0 Å². The highest BCUT2D eigenvalue weighted by atomic mass is 16.5. The first-order valence-corrected chi connectivity index (χ1v) is 10.7. The summed E-state index contributed by atoms with van der Waals surface area (Å²) >= 11 is 0. The van der Waals surface area contributed by atoms with Crippen LogP contribution in [-0.2, 0) is 24.2 Å². The van der Waals surface area contributed by atoms with Crippen molar-refractivity contribution in [1.29, 1.82) is 0 Å². The summed E-state index contributed by atoms with van der Waals surface area (Å²) in [5.74, 6) is 1.43. The molecule has 1 fully saturated rings. The van der Waals surface area contributed by atoms with Crippen LogP contribution in [0.4, 0.5) is 0 Å².